The maximum Gasteiger partial charge on any atom is 0.333 e. The molecular weight excluding hydrogens is 291 g/mol. The van der Waals surface area contributed by atoms with Crippen molar-refractivity contribution in [1.29, 1.82) is 0 Å². The quantitative estimate of drug-likeness (QED) is 0.245. The van der Waals surface area contributed by atoms with Crippen molar-refractivity contribution in [2.45, 2.75) is 98.0 Å². The van der Waals surface area contributed by atoms with E-state index in [1.165, 1.54) is 12.8 Å². The largest absolute Gasteiger partial charge is 0.455 e. The number of esters is 1. The van der Waals surface area contributed by atoms with E-state index in [9.17, 15) is 4.79 Å². The second-order valence-electron chi connectivity index (χ2n) is 6.49. The molecule has 0 rings (SSSR count). The molecule has 0 fully saturated rings. The minimum absolute atomic E-state index is 0. The molecule has 0 N–H and O–H groups in total. The second-order valence-corrected chi connectivity index (χ2v) is 6.49. The summed E-state index contributed by atoms with van der Waals surface area (Å²) in [6.07, 6.45) is 9.99. The highest BCUT2D eigenvalue weighted by Gasteiger charge is 2.38. The zero-order valence-electron chi connectivity index (χ0n) is 15.7. The minimum Gasteiger partial charge on any atom is -0.455 e. The van der Waals surface area contributed by atoms with Gasteiger partial charge in [0.2, 0.25) is 0 Å². The number of carbonyl (C=O) groups excluding carboxylic acids is 1. The number of ether oxygens (including phenoxy) is 1. The molecule has 22 heavy (non-hydrogen) atoms. The van der Waals surface area contributed by atoms with Crippen molar-refractivity contribution in [2.75, 3.05) is 0 Å². The first kappa shape index (κ1) is 23.9. The summed E-state index contributed by atoms with van der Waals surface area (Å²) in [4.78, 5) is 12.1. The zero-order valence-corrected chi connectivity index (χ0v) is 17.1. The van der Waals surface area contributed by atoms with Crippen LogP contribution >= 0.6 is 9.90 Å². The zero-order chi connectivity index (χ0) is 16.3. The fraction of sp³-hybridized carbons (Fsp3) is 0.842. The molecule has 3 heteroatoms. The molecule has 0 heterocycles. The molecule has 0 amide bonds. The Morgan fingerprint density at radius 2 is 1.50 bits per heavy atom. The molecule has 2 atom stereocenters. The lowest BCUT2D eigenvalue weighted by Gasteiger charge is -2.39. The summed E-state index contributed by atoms with van der Waals surface area (Å²) in [6.45, 7) is 14.4. The van der Waals surface area contributed by atoms with Gasteiger partial charge in [-0.3, -0.25) is 0 Å². The molecular formula is C19H39O2P. The third kappa shape index (κ3) is 8.32. The first-order valence-electron chi connectivity index (χ1n) is 8.82. The van der Waals surface area contributed by atoms with E-state index in [0.29, 0.717) is 11.5 Å². The Kier molecular flexibility index (Phi) is 14.2. The number of unbranched alkanes of at least 4 members (excludes halogenated alkanes) is 3. The maximum atomic E-state index is 12.1. The predicted octanol–water partition coefficient (Wildman–Crippen LogP) is 6.11. The molecule has 2 nitrogen and oxygen atoms in total. The summed E-state index contributed by atoms with van der Waals surface area (Å²) in [5.41, 5.74) is 0.215. The summed E-state index contributed by atoms with van der Waals surface area (Å²) in [6, 6.07) is 0. The van der Waals surface area contributed by atoms with Crippen LogP contribution in [0.15, 0.2) is 12.2 Å². The van der Waals surface area contributed by atoms with Crippen molar-refractivity contribution >= 4 is 15.9 Å². The van der Waals surface area contributed by atoms with Crippen molar-refractivity contribution in [3.8, 4) is 0 Å². The van der Waals surface area contributed by atoms with Gasteiger partial charge in [-0.05, 0) is 44.9 Å². The van der Waals surface area contributed by atoms with Gasteiger partial charge in [0, 0.05) is 5.57 Å². The fourth-order valence-electron chi connectivity index (χ4n) is 2.82. The number of rotatable bonds is 12. The van der Waals surface area contributed by atoms with E-state index in [1.54, 1.807) is 6.92 Å². The number of carbonyl (C=O) groups is 1. The highest BCUT2D eigenvalue weighted by atomic mass is 31.0. The highest BCUT2D eigenvalue weighted by molar-refractivity contribution is 6.92. The smallest absolute Gasteiger partial charge is 0.333 e. The van der Waals surface area contributed by atoms with E-state index in [1.807, 2.05) is 0 Å². The van der Waals surface area contributed by atoms with Crippen molar-refractivity contribution in [2.24, 2.45) is 5.92 Å². The van der Waals surface area contributed by atoms with Gasteiger partial charge >= 0.3 is 5.97 Å². The normalized spacial score (nSPS) is 12.4. The minimum atomic E-state index is -0.294. The van der Waals surface area contributed by atoms with Gasteiger partial charge in [0.25, 0.3) is 0 Å². The van der Waals surface area contributed by atoms with E-state index in [4.69, 9.17) is 4.74 Å². The van der Waals surface area contributed by atoms with Crippen LogP contribution in [0.5, 0.6) is 0 Å². The Balaban J connectivity index is 0. The van der Waals surface area contributed by atoms with Crippen LogP contribution in [0.25, 0.3) is 0 Å². The van der Waals surface area contributed by atoms with Crippen molar-refractivity contribution in [1.82, 2.24) is 0 Å². The molecule has 0 aliphatic heterocycles. The summed E-state index contributed by atoms with van der Waals surface area (Å²) >= 11 is 0. The monoisotopic (exact) mass is 330 g/mol. The van der Waals surface area contributed by atoms with Crippen LogP contribution in [0.3, 0.4) is 0 Å². The van der Waals surface area contributed by atoms with Crippen LogP contribution in [0.4, 0.5) is 0 Å². The molecule has 2 unspecified atom stereocenters. The Labute approximate surface area is 142 Å². The van der Waals surface area contributed by atoms with E-state index in [-0.39, 0.29) is 21.5 Å². The molecule has 0 aromatic carbocycles. The van der Waals surface area contributed by atoms with Crippen LogP contribution in [0, 0.1) is 5.92 Å². The summed E-state index contributed by atoms with van der Waals surface area (Å²) in [7, 11) is 0. The van der Waals surface area contributed by atoms with Crippen molar-refractivity contribution in [3.05, 3.63) is 12.2 Å². The lowest BCUT2D eigenvalue weighted by molar-refractivity contribution is -0.164. The number of hydrogen-bond donors (Lipinski definition) is 0. The molecule has 0 aliphatic rings. The van der Waals surface area contributed by atoms with Crippen molar-refractivity contribution < 1.29 is 9.53 Å². The van der Waals surface area contributed by atoms with Gasteiger partial charge in [-0.1, -0.05) is 60.0 Å². The molecule has 0 spiro atoms. The first-order valence-corrected chi connectivity index (χ1v) is 8.82. The highest BCUT2D eigenvalue weighted by Crippen LogP contribution is 2.37. The van der Waals surface area contributed by atoms with Crippen LogP contribution < -0.4 is 0 Å². The van der Waals surface area contributed by atoms with Crippen LogP contribution in [-0.2, 0) is 9.53 Å². The summed E-state index contributed by atoms with van der Waals surface area (Å²) in [5, 5.41) is 0. The van der Waals surface area contributed by atoms with Crippen LogP contribution in [-0.4, -0.2) is 11.6 Å². The second kappa shape index (κ2) is 13.1. The molecule has 0 saturated heterocycles. The number of hydrogen-bond acceptors (Lipinski definition) is 2. The molecule has 0 bridgehead atoms. The van der Waals surface area contributed by atoms with E-state index in [2.05, 4.69) is 34.3 Å². The Hall–Kier alpha value is -0.360. The van der Waals surface area contributed by atoms with Gasteiger partial charge in [-0.15, -0.1) is 0 Å². The molecule has 0 radical (unpaired) electrons. The average molecular weight is 330 g/mol. The Bertz CT molecular complexity index is 305. The van der Waals surface area contributed by atoms with Gasteiger partial charge in [0.15, 0.2) is 0 Å². The first-order chi connectivity index (χ1) is 9.93. The summed E-state index contributed by atoms with van der Waals surface area (Å²) < 4.78 is 6.02. The Morgan fingerprint density at radius 3 is 1.86 bits per heavy atom. The van der Waals surface area contributed by atoms with E-state index >= 15 is 0 Å². The predicted molar refractivity (Wildman–Crippen MR) is 102 cm³/mol. The lowest BCUT2D eigenvalue weighted by atomic mass is 9.77. The Morgan fingerprint density at radius 1 is 1.05 bits per heavy atom. The molecule has 0 saturated carbocycles. The molecule has 0 aliphatic carbocycles. The van der Waals surface area contributed by atoms with Gasteiger partial charge in [0.1, 0.15) is 5.60 Å². The topological polar surface area (TPSA) is 26.3 Å². The van der Waals surface area contributed by atoms with E-state index in [0.717, 1.165) is 44.9 Å². The average Bonchev–Trinajstić information content (AvgIpc) is 2.47. The SMILES string of the molecule is C=C(C)C(=O)OC(CCCC)(CCCC)C(C)CCCC.P. The molecule has 0 aromatic rings. The van der Waals surface area contributed by atoms with Gasteiger partial charge in [-0.25, -0.2) is 4.79 Å². The van der Waals surface area contributed by atoms with Crippen molar-refractivity contribution in [3.63, 3.8) is 0 Å². The van der Waals surface area contributed by atoms with Gasteiger partial charge in [0.05, 0.1) is 0 Å². The fourth-order valence-corrected chi connectivity index (χ4v) is 2.82. The third-order valence-electron chi connectivity index (χ3n) is 4.44. The van der Waals surface area contributed by atoms with Crippen LogP contribution in [0.1, 0.15) is 92.4 Å². The lowest BCUT2D eigenvalue weighted by Crippen LogP contribution is -2.42. The van der Waals surface area contributed by atoms with Crippen LogP contribution in [0.2, 0.25) is 0 Å². The molecule has 0 aromatic heterocycles. The molecule has 132 valence electrons. The van der Waals surface area contributed by atoms with E-state index < -0.39 is 0 Å². The third-order valence-corrected chi connectivity index (χ3v) is 4.44. The maximum absolute atomic E-state index is 12.1. The van der Waals surface area contributed by atoms with Gasteiger partial charge in [-0.2, -0.15) is 9.90 Å². The summed E-state index contributed by atoms with van der Waals surface area (Å²) in [5.74, 6) is 0.199. The standard InChI is InChI=1S/C19H36O2.H3P/c1-7-10-13-17(6)19(14-11-8-2,15-12-9-3)21-18(20)16(4)5;/h17H,4,7-15H2,1-3,5-6H3;1H3. The van der Waals surface area contributed by atoms with Gasteiger partial charge < -0.3 is 4.74 Å².